The summed E-state index contributed by atoms with van der Waals surface area (Å²) < 4.78 is 1.50. The van der Waals surface area contributed by atoms with E-state index in [4.69, 9.17) is 11.6 Å². The summed E-state index contributed by atoms with van der Waals surface area (Å²) in [4.78, 5) is 42.0. The minimum atomic E-state index is -0.276. The highest BCUT2D eigenvalue weighted by atomic mass is 35.5. The Morgan fingerprint density at radius 2 is 1.71 bits per heavy atom. The number of benzene rings is 3. The van der Waals surface area contributed by atoms with Crippen LogP contribution in [0.15, 0.2) is 76.7 Å². The average molecular weight is 493 g/mol. The number of fused-ring (bicyclic) bond motifs is 1. The molecule has 0 aliphatic heterocycles. The fourth-order valence-corrected chi connectivity index (χ4v) is 4.44. The van der Waals surface area contributed by atoms with E-state index in [9.17, 15) is 14.4 Å². The molecule has 0 radical (unpaired) electrons. The maximum atomic E-state index is 13.4. The Bertz CT molecular complexity index is 1470. The van der Waals surface area contributed by atoms with E-state index >= 15 is 0 Å². The van der Waals surface area contributed by atoms with Crippen molar-refractivity contribution in [1.29, 1.82) is 0 Å². The second-order valence-corrected chi connectivity index (χ2v) is 8.88. The van der Waals surface area contributed by atoms with Crippen LogP contribution in [0.4, 0.5) is 11.4 Å². The van der Waals surface area contributed by atoms with Crippen molar-refractivity contribution in [3.8, 4) is 5.69 Å². The van der Waals surface area contributed by atoms with Crippen molar-refractivity contribution >= 4 is 57.5 Å². The molecular formula is C25H21ClN4O3S. The molecule has 4 aromatic rings. The van der Waals surface area contributed by atoms with Crippen LogP contribution in [-0.2, 0) is 9.59 Å². The number of rotatable bonds is 6. The number of aromatic nitrogens is 2. The summed E-state index contributed by atoms with van der Waals surface area (Å²) >= 11 is 7.47. The van der Waals surface area contributed by atoms with Crippen molar-refractivity contribution in [2.24, 2.45) is 0 Å². The lowest BCUT2D eigenvalue weighted by Crippen LogP contribution is -2.23. The average Bonchev–Trinajstić information content (AvgIpc) is 2.80. The van der Waals surface area contributed by atoms with Gasteiger partial charge < -0.3 is 10.6 Å². The molecule has 0 unspecified atom stereocenters. The van der Waals surface area contributed by atoms with Gasteiger partial charge in [0.15, 0.2) is 5.16 Å². The fourth-order valence-electron chi connectivity index (χ4n) is 3.47. The molecule has 3 aromatic carbocycles. The van der Waals surface area contributed by atoms with E-state index in [1.54, 1.807) is 60.7 Å². The molecule has 34 heavy (non-hydrogen) atoms. The van der Waals surface area contributed by atoms with Crippen molar-refractivity contribution in [3.63, 3.8) is 0 Å². The standard InChI is InChI=1S/C25H21ClN4O3S/c1-15-20(26)10-6-12-22(15)30-24(33)19-9-3-4-11-21(19)29-25(30)34-14-23(32)28-18-8-5-7-17(13-18)27-16(2)31/h3-13H,14H2,1-2H3,(H,27,31)(H,28,32). The molecule has 1 heterocycles. The van der Waals surface area contributed by atoms with Crippen molar-refractivity contribution in [1.82, 2.24) is 9.55 Å². The molecule has 0 aliphatic carbocycles. The fraction of sp³-hybridized carbons (Fsp3) is 0.120. The number of carbonyl (C=O) groups is 2. The minimum Gasteiger partial charge on any atom is -0.326 e. The first-order chi connectivity index (χ1) is 16.3. The summed E-state index contributed by atoms with van der Waals surface area (Å²) in [5, 5.41) is 6.89. The van der Waals surface area contributed by atoms with Gasteiger partial charge in [0.25, 0.3) is 5.56 Å². The third-order valence-electron chi connectivity index (χ3n) is 5.02. The number of nitrogens with one attached hydrogen (secondary N) is 2. The predicted molar refractivity (Wildman–Crippen MR) is 137 cm³/mol. The molecule has 7 nitrogen and oxygen atoms in total. The zero-order chi connectivity index (χ0) is 24.2. The van der Waals surface area contributed by atoms with Crippen molar-refractivity contribution in [2.75, 3.05) is 16.4 Å². The number of halogens is 1. The van der Waals surface area contributed by atoms with Gasteiger partial charge in [-0.25, -0.2) is 4.98 Å². The molecule has 9 heteroatoms. The Hall–Kier alpha value is -3.62. The zero-order valence-corrected chi connectivity index (χ0v) is 20.0. The number of nitrogens with zero attached hydrogens (tertiary/aromatic N) is 2. The molecule has 0 atom stereocenters. The van der Waals surface area contributed by atoms with Gasteiger partial charge in [0.05, 0.1) is 22.3 Å². The van der Waals surface area contributed by atoms with Crippen LogP contribution in [0.1, 0.15) is 12.5 Å². The monoisotopic (exact) mass is 492 g/mol. The molecule has 2 amide bonds. The van der Waals surface area contributed by atoms with Gasteiger partial charge in [-0.2, -0.15) is 0 Å². The molecule has 2 N–H and O–H groups in total. The van der Waals surface area contributed by atoms with Crippen LogP contribution in [0.2, 0.25) is 5.02 Å². The first-order valence-corrected chi connectivity index (χ1v) is 11.8. The quantitative estimate of drug-likeness (QED) is 0.290. The summed E-state index contributed by atoms with van der Waals surface area (Å²) in [6.07, 6.45) is 0. The summed E-state index contributed by atoms with van der Waals surface area (Å²) in [6, 6.07) is 19.3. The van der Waals surface area contributed by atoms with E-state index in [0.29, 0.717) is 38.1 Å². The number of amides is 2. The Morgan fingerprint density at radius 1 is 1.00 bits per heavy atom. The lowest BCUT2D eigenvalue weighted by Gasteiger charge is -2.16. The molecule has 0 saturated carbocycles. The molecule has 0 bridgehead atoms. The van der Waals surface area contributed by atoms with Crippen LogP contribution in [0, 0.1) is 6.92 Å². The SMILES string of the molecule is CC(=O)Nc1cccc(NC(=O)CSc2nc3ccccc3c(=O)n2-c2cccc(Cl)c2C)c1. The van der Waals surface area contributed by atoms with Crippen LogP contribution in [0.3, 0.4) is 0 Å². The summed E-state index contributed by atoms with van der Waals surface area (Å²) in [7, 11) is 0. The van der Waals surface area contributed by atoms with E-state index in [2.05, 4.69) is 15.6 Å². The number of hydrogen-bond acceptors (Lipinski definition) is 5. The second-order valence-electron chi connectivity index (χ2n) is 7.53. The first-order valence-electron chi connectivity index (χ1n) is 10.4. The Balaban J connectivity index is 1.64. The maximum absolute atomic E-state index is 13.4. The molecule has 0 spiro atoms. The highest BCUT2D eigenvalue weighted by molar-refractivity contribution is 7.99. The van der Waals surface area contributed by atoms with Crippen LogP contribution < -0.4 is 16.2 Å². The largest absolute Gasteiger partial charge is 0.326 e. The predicted octanol–water partition coefficient (Wildman–Crippen LogP) is 5.04. The normalized spacial score (nSPS) is 10.8. The van der Waals surface area contributed by atoms with Gasteiger partial charge in [-0.1, -0.05) is 47.6 Å². The van der Waals surface area contributed by atoms with Crippen molar-refractivity contribution in [3.05, 3.63) is 87.7 Å². The van der Waals surface area contributed by atoms with E-state index in [0.717, 1.165) is 17.3 Å². The number of thioether (sulfide) groups is 1. The molecule has 4 rings (SSSR count). The topological polar surface area (TPSA) is 93.1 Å². The number of carbonyl (C=O) groups excluding carboxylic acids is 2. The van der Waals surface area contributed by atoms with Crippen LogP contribution in [0.25, 0.3) is 16.6 Å². The van der Waals surface area contributed by atoms with Crippen molar-refractivity contribution < 1.29 is 9.59 Å². The molecule has 0 aliphatic rings. The summed E-state index contributed by atoms with van der Waals surface area (Å²) in [5.41, 5.74) is 2.80. The zero-order valence-electron chi connectivity index (χ0n) is 18.5. The Morgan fingerprint density at radius 3 is 2.47 bits per heavy atom. The first kappa shape index (κ1) is 23.5. The molecule has 0 fully saturated rings. The molecule has 1 aromatic heterocycles. The lowest BCUT2D eigenvalue weighted by molar-refractivity contribution is -0.114. The van der Waals surface area contributed by atoms with Gasteiger partial charge in [-0.05, 0) is 55.0 Å². The van der Waals surface area contributed by atoms with Gasteiger partial charge in [0, 0.05) is 23.3 Å². The highest BCUT2D eigenvalue weighted by Gasteiger charge is 2.17. The minimum absolute atomic E-state index is 0.0226. The lowest BCUT2D eigenvalue weighted by atomic mass is 10.2. The van der Waals surface area contributed by atoms with Crippen molar-refractivity contribution in [2.45, 2.75) is 19.0 Å². The van der Waals surface area contributed by atoms with Gasteiger partial charge in [0.2, 0.25) is 11.8 Å². The second kappa shape index (κ2) is 10.1. The van der Waals surface area contributed by atoms with Crippen LogP contribution in [-0.4, -0.2) is 27.1 Å². The maximum Gasteiger partial charge on any atom is 0.266 e. The van der Waals surface area contributed by atoms with Gasteiger partial charge in [0.1, 0.15) is 0 Å². The summed E-state index contributed by atoms with van der Waals surface area (Å²) in [6.45, 7) is 3.25. The van der Waals surface area contributed by atoms with Gasteiger partial charge >= 0.3 is 0 Å². The number of para-hydroxylation sites is 1. The molecule has 0 saturated heterocycles. The van der Waals surface area contributed by atoms with Crippen LogP contribution >= 0.6 is 23.4 Å². The Labute approximate surface area is 205 Å². The van der Waals surface area contributed by atoms with E-state index in [1.807, 2.05) is 13.0 Å². The third kappa shape index (κ3) is 5.13. The molecular weight excluding hydrogens is 472 g/mol. The number of anilines is 2. The summed E-state index contributed by atoms with van der Waals surface area (Å²) in [5.74, 6) is -0.452. The van der Waals surface area contributed by atoms with E-state index in [-0.39, 0.29) is 23.1 Å². The number of hydrogen-bond donors (Lipinski definition) is 2. The van der Waals surface area contributed by atoms with Gasteiger partial charge in [-0.15, -0.1) is 0 Å². The smallest absolute Gasteiger partial charge is 0.266 e. The third-order valence-corrected chi connectivity index (χ3v) is 6.37. The Kier molecular flexibility index (Phi) is 7.00. The van der Waals surface area contributed by atoms with E-state index < -0.39 is 0 Å². The van der Waals surface area contributed by atoms with E-state index in [1.165, 1.54) is 11.5 Å². The highest BCUT2D eigenvalue weighted by Crippen LogP contribution is 2.27. The van der Waals surface area contributed by atoms with Crippen LogP contribution in [0.5, 0.6) is 0 Å². The molecule has 172 valence electrons. The van der Waals surface area contributed by atoms with Gasteiger partial charge in [-0.3, -0.25) is 19.0 Å².